The van der Waals surface area contributed by atoms with Crippen molar-refractivity contribution in [1.29, 1.82) is 0 Å². The number of hydrogen-bond donors (Lipinski definition) is 1. The summed E-state index contributed by atoms with van der Waals surface area (Å²) in [6.45, 7) is 7.08. The van der Waals surface area contributed by atoms with Gasteiger partial charge in [-0.3, -0.25) is 10.1 Å². The molecule has 2 amide bonds. The lowest BCUT2D eigenvalue weighted by molar-refractivity contribution is -0.133. The second-order valence-electron chi connectivity index (χ2n) is 10.9. The van der Waals surface area contributed by atoms with Crippen LogP contribution >= 0.6 is 23.2 Å². The molecule has 1 spiro atoms. The summed E-state index contributed by atoms with van der Waals surface area (Å²) >= 11 is 12.6. The number of carbonyl (C=O) groups excluding carboxylic acids is 2. The monoisotopic (exact) mass is 597 g/mol. The molecule has 3 aromatic carbocycles. The molecule has 0 aliphatic carbocycles. The van der Waals surface area contributed by atoms with Gasteiger partial charge in [-0.1, -0.05) is 59.1 Å². The van der Waals surface area contributed by atoms with Gasteiger partial charge in [0.1, 0.15) is 11.4 Å². The lowest BCUT2D eigenvalue weighted by Crippen LogP contribution is -2.48. The van der Waals surface area contributed by atoms with E-state index in [1.54, 1.807) is 18.2 Å². The topological polar surface area (TPSA) is 61.9 Å². The lowest BCUT2D eigenvalue weighted by atomic mass is 9.82. The Balaban J connectivity index is 1.31. The summed E-state index contributed by atoms with van der Waals surface area (Å²) in [6.07, 6.45) is 1.14. The van der Waals surface area contributed by atoms with Crippen LogP contribution in [0.3, 0.4) is 0 Å². The van der Waals surface area contributed by atoms with Crippen molar-refractivity contribution in [1.82, 2.24) is 9.80 Å². The average molecular weight is 599 g/mol. The van der Waals surface area contributed by atoms with Crippen molar-refractivity contribution in [2.45, 2.75) is 51.2 Å². The number of piperidine rings is 1. The number of likely N-dealkylation sites (tertiary alicyclic amines) is 1. The Kier molecular flexibility index (Phi) is 8.88. The Bertz CT molecular complexity index is 1420. The van der Waals surface area contributed by atoms with Gasteiger partial charge in [0.05, 0.1) is 21.7 Å². The first-order chi connectivity index (χ1) is 19.7. The molecule has 0 aromatic heterocycles. The molecule has 1 fully saturated rings. The van der Waals surface area contributed by atoms with E-state index in [2.05, 4.69) is 34.5 Å². The Morgan fingerprint density at radius 1 is 1.07 bits per heavy atom. The molecule has 3 aromatic rings. The Labute approximate surface area is 250 Å². The summed E-state index contributed by atoms with van der Waals surface area (Å²) in [6, 6.07) is 18.0. The van der Waals surface area contributed by atoms with Gasteiger partial charge >= 0.3 is 6.09 Å². The number of ether oxygens (including phenoxy) is 1. The van der Waals surface area contributed by atoms with Crippen LogP contribution < -0.4 is 5.32 Å². The van der Waals surface area contributed by atoms with Crippen LogP contribution in [0.2, 0.25) is 10.0 Å². The van der Waals surface area contributed by atoms with E-state index < -0.39 is 17.6 Å². The average Bonchev–Trinajstić information content (AvgIpc) is 2.96. The molecule has 0 bridgehead atoms. The van der Waals surface area contributed by atoms with Gasteiger partial charge in [0, 0.05) is 44.6 Å². The molecule has 1 N–H and O–H groups in total. The molecule has 9 heteroatoms. The third-order valence-corrected chi connectivity index (χ3v) is 8.97. The lowest BCUT2D eigenvalue weighted by Gasteiger charge is -2.44. The minimum atomic E-state index is -0.859. The van der Waals surface area contributed by atoms with Gasteiger partial charge in [0.15, 0.2) is 0 Å². The smallest absolute Gasteiger partial charge is 0.412 e. The third-order valence-electron chi connectivity index (χ3n) is 8.23. The zero-order valence-corrected chi connectivity index (χ0v) is 24.8. The summed E-state index contributed by atoms with van der Waals surface area (Å²) in [5.74, 6) is -0.728. The van der Waals surface area contributed by atoms with E-state index in [-0.39, 0.29) is 11.7 Å². The number of nitrogens with zero attached hydrogens (tertiary/aromatic N) is 2. The number of rotatable bonds is 8. The molecule has 2 aliphatic heterocycles. The normalized spacial score (nSPS) is 17.0. The first kappa shape index (κ1) is 29.4. The summed E-state index contributed by atoms with van der Waals surface area (Å²) < 4.78 is 19.9. The molecule has 2 aliphatic rings. The number of aryl methyl sites for hydroxylation is 1. The van der Waals surface area contributed by atoms with E-state index in [4.69, 9.17) is 27.9 Å². The first-order valence-corrected chi connectivity index (χ1v) is 14.7. The van der Waals surface area contributed by atoms with Crippen LogP contribution in [-0.4, -0.2) is 48.0 Å². The molecular formula is C32H34Cl2FN3O3. The minimum absolute atomic E-state index is 0.0385. The van der Waals surface area contributed by atoms with Gasteiger partial charge < -0.3 is 14.5 Å². The summed E-state index contributed by atoms with van der Waals surface area (Å²) in [7, 11) is 0. The Morgan fingerprint density at radius 3 is 2.49 bits per heavy atom. The predicted octanol–water partition coefficient (Wildman–Crippen LogP) is 7.52. The maximum Gasteiger partial charge on any atom is 0.412 e. The Morgan fingerprint density at radius 2 is 1.80 bits per heavy atom. The number of fused-ring (bicyclic) bond motifs is 2. The quantitative estimate of drug-likeness (QED) is 0.292. The van der Waals surface area contributed by atoms with Crippen molar-refractivity contribution < 1.29 is 18.7 Å². The zero-order chi connectivity index (χ0) is 29.1. The molecule has 6 nitrogen and oxygen atoms in total. The fourth-order valence-electron chi connectivity index (χ4n) is 5.83. The van der Waals surface area contributed by atoms with E-state index in [1.165, 1.54) is 17.7 Å². The number of halogens is 3. The number of amides is 2. The predicted molar refractivity (Wildman–Crippen MR) is 160 cm³/mol. The molecule has 1 saturated heterocycles. The largest absolute Gasteiger partial charge is 0.438 e. The molecule has 216 valence electrons. The highest BCUT2D eigenvalue weighted by Crippen LogP contribution is 2.44. The molecule has 1 unspecified atom stereocenters. The van der Waals surface area contributed by atoms with E-state index >= 15 is 0 Å². The number of carbonyl (C=O) groups is 2. The SMILES string of the molecule is CCN(Cc1ccc(C)cc1)C(=O)C(CCN1CCC2(CC1)OC(=O)Nc1ccc(F)cc12)c1ccc(Cl)c(Cl)c1. The van der Waals surface area contributed by atoms with Crippen LogP contribution in [-0.2, 0) is 21.7 Å². The highest BCUT2D eigenvalue weighted by Gasteiger charge is 2.44. The second kappa shape index (κ2) is 12.4. The zero-order valence-electron chi connectivity index (χ0n) is 23.3. The van der Waals surface area contributed by atoms with Gasteiger partial charge in [-0.05, 0) is 68.3 Å². The summed E-state index contributed by atoms with van der Waals surface area (Å²) in [4.78, 5) is 30.4. The number of likely N-dealkylation sites (N-methyl/N-ethyl adjacent to an activating group) is 1. The summed E-state index contributed by atoms with van der Waals surface area (Å²) in [5, 5.41) is 3.55. The standard InChI is InChI=1S/C32H34Cl2FN3O3/c1-3-38(20-22-6-4-21(2)5-7-22)30(39)25(23-8-10-27(33)28(34)18-23)12-15-37-16-13-32(14-17-37)26-19-24(35)9-11-29(26)36-31(40)41-32/h4-11,18-19,25H,3,12-17,20H2,1-2H3,(H,36,40). The molecule has 0 saturated carbocycles. The van der Waals surface area contributed by atoms with Gasteiger partial charge in [0.25, 0.3) is 0 Å². The van der Waals surface area contributed by atoms with Crippen molar-refractivity contribution in [3.05, 3.63) is 98.8 Å². The van der Waals surface area contributed by atoms with Gasteiger partial charge in [-0.25, -0.2) is 9.18 Å². The fourth-order valence-corrected chi connectivity index (χ4v) is 6.14. The van der Waals surface area contributed by atoms with Crippen LogP contribution in [0.5, 0.6) is 0 Å². The van der Waals surface area contributed by atoms with Crippen molar-refractivity contribution in [2.75, 3.05) is 31.5 Å². The van der Waals surface area contributed by atoms with Gasteiger partial charge in [-0.15, -0.1) is 0 Å². The van der Waals surface area contributed by atoms with E-state index in [0.717, 1.165) is 11.1 Å². The second-order valence-corrected chi connectivity index (χ2v) is 11.7. The van der Waals surface area contributed by atoms with Gasteiger partial charge in [-0.2, -0.15) is 0 Å². The van der Waals surface area contributed by atoms with Crippen LogP contribution in [0.4, 0.5) is 14.9 Å². The number of hydrogen-bond acceptors (Lipinski definition) is 4. The van der Waals surface area contributed by atoms with Crippen molar-refractivity contribution >= 4 is 40.9 Å². The third kappa shape index (κ3) is 6.53. The molecule has 2 heterocycles. The maximum atomic E-state index is 14.1. The van der Waals surface area contributed by atoms with E-state index in [0.29, 0.717) is 73.3 Å². The number of nitrogens with one attached hydrogen (secondary N) is 1. The molecule has 41 heavy (non-hydrogen) atoms. The minimum Gasteiger partial charge on any atom is -0.438 e. The molecular weight excluding hydrogens is 564 g/mol. The number of benzene rings is 3. The number of anilines is 1. The van der Waals surface area contributed by atoms with Gasteiger partial charge in [0.2, 0.25) is 5.91 Å². The van der Waals surface area contributed by atoms with Crippen LogP contribution in [0.25, 0.3) is 0 Å². The fraction of sp³-hybridized carbons (Fsp3) is 0.375. The van der Waals surface area contributed by atoms with E-state index in [9.17, 15) is 14.0 Å². The molecule has 5 rings (SSSR count). The van der Waals surface area contributed by atoms with Crippen LogP contribution in [0.1, 0.15) is 54.4 Å². The molecule has 1 atom stereocenters. The first-order valence-electron chi connectivity index (χ1n) is 14.0. The maximum absolute atomic E-state index is 14.1. The molecule has 0 radical (unpaired) electrons. The van der Waals surface area contributed by atoms with Crippen molar-refractivity contribution in [3.8, 4) is 0 Å². The highest BCUT2D eigenvalue weighted by atomic mass is 35.5. The van der Waals surface area contributed by atoms with E-state index in [1.807, 2.05) is 24.8 Å². The van der Waals surface area contributed by atoms with Crippen LogP contribution in [0.15, 0.2) is 60.7 Å². The van der Waals surface area contributed by atoms with Crippen molar-refractivity contribution in [2.24, 2.45) is 0 Å². The van der Waals surface area contributed by atoms with Crippen LogP contribution in [0, 0.1) is 12.7 Å². The Hall–Kier alpha value is -3.13. The highest BCUT2D eigenvalue weighted by molar-refractivity contribution is 6.42. The van der Waals surface area contributed by atoms with Crippen molar-refractivity contribution in [3.63, 3.8) is 0 Å². The summed E-state index contributed by atoms with van der Waals surface area (Å²) in [5.41, 5.74) is 3.49.